The molecule has 3 aromatic carbocycles. The highest BCUT2D eigenvalue weighted by Crippen LogP contribution is 2.62. The molecule has 0 aliphatic heterocycles. The summed E-state index contributed by atoms with van der Waals surface area (Å²) in [6, 6.07) is 25.7. The largest absolute Gasteiger partial charge is 0.392 e. The topological polar surface area (TPSA) is 63.3 Å². The van der Waals surface area contributed by atoms with E-state index in [1.165, 1.54) is 24.0 Å². The van der Waals surface area contributed by atoms with Crippen LogP contribution in [0.3, 0.4) is 0 Å². The lowest BCUT2D eigenvalue weighted by molar-refractivity contribution is -0.0325. The Morgan fingerprint density at radius 1 is 0.946 bits per heavy atom. The molecule has 6 atom stereocenters. The summed E-state index contributed by atoms with van der Waals surface area (Å²) in [5.41, 5.74) is 13.2. The summed E-state index contributed by atoms with van der Waals surface area (Å²) < 4.78 is 0. The smallest absolute Gasteiger partial charge is 0.248 e. The first-order chi connectivity index (χ1) is 17.9. The fourth-order valence-corrected chi connectivity index (χ4v) is 8.23. The molecule has 0 radical (unpaired) electrons. The van der Waals surface area contributed by atoms with Crippen LogP contribution < -0.4 is 5.73 Å². The number of aliphatic hydroxyl groups excluding tert-OH is 1. The van der Waals surface area contributed by atoms with Gasteiger partial charge in [-0.3, -0.25) is 4.79 Å². The molecule has 2 saturated carbocycles. The zero-order valence-electron chi connectivity index (χ0n) is 21.9. The third-order valence-corrected chi connectivity index (χ3v) is 10.2. The van der Waals surface area contributed by atoms with Crippen molar-refractivity contribution in [1.82, 2.24) is 0 Å². The first kappa shape index (κ1) is 24.4. The summed E-state index contributed by atoms with van der Waals surface area (Å²) in [6.07, 6.45) is 8.43. The second kappa shape index (κ2) is 9.76. The summed E-state index contributed by atoms with van der Waals surface area (Å²) in [6.45, 7) is 2.35. The highest BCUT2D eigenvalue weighted by molar-refractivity contribution is 5.92. The summed E-state index contributed by atoms with van der Waals surface area (Å²) in [4.78, 5) is 11.7. The van der Waals surface area contributed by atoms with E-state index in [1.54, 1.807) is 17.2 Å². The van der Waals surface area contributed by atoms with Gasteiger partial charge in [0, 0.05) is 5.56 Å². The van der Waals surface area contributed by atoms with Gasteiger partial charge in [0.05, 0.1) is 6.10 Å². The van der Waals surface area contributed by atoms with E-state index in [4.69, 9.17) is 5.73 Å². The maximum atomic E-state index is 11.7. The molecule has 6 rings (SSSR count). The third-order valence-electron chi connectivity index (χ3n) is 10.2. The van der Waals surface area contributed by atoms with Crippen molar-refractivity contribution >= 4 is 5.91 Å². The van der Waals surface area contributed by atoms with Gasteiger partial charge in [0.15, 0.2) is 0 Å². The lowest BCUT2D eigenvalue weighted by Gasteiger charge is -2.50. The number of aryl methyl sites for hydroxylation is 3. The van der Waals surface area contributed by atoms with Crippen LogP contribution in [0, 0.1) is 23.2 Å². The highest BCUT2D eigenvalue weighted by Gasteiger charge is 2.57. The summed E-state index contributed by atoms with van der Waals surface area (Å²) in [5.74, 6) is 1.67. The molecule has 3 aliphatic rings. The lowest BCUT2D eigenvalue weighted by atomic mass is 9.55. The first-order valence-corrected chi connectivity index (χ1v) is 14.1. The molecule has 3 heteroatoms. The molecular formula is C34H39NO2. The molecule has 2 fully saturated rings. The van der Waals surface area contributed by atoms with Gasteiger partial charge in [-0.2, -0.15) is 0 Å². The van der Waals surface area contributed by atoms with Crippen LogP contribution >= 0.6 is 0 Å². The van der Waals surface area contributed by atoms with Crippen LogP contribution in [0.4, 0.5) is 0 Å². The van der Waals surface area contributed by atoms with Crippen molar-refractivity contribution in [1.29, 1.82) is 0 Å². The standard InChI is InChI=1S/C34H39NO2/c1-34-17-16-29-28-14-12-23(11-10-22-6-3-2-4-7-22)18-25(28)13-15-30(29)31(34)21-27(32(34)36)20-24-8-5-9-26(19-24)33(35)37/h2-9,12,14,18-19,27,29-32,36H,10-11,13,15-17,20-21H2,1H3,(H2,35,37)/t27-,29+,30+,31-,32-,34-/m0/s1. The molecule has 3 aromatic rings. The molecule has 0 aromatic heterocycles. The average Bonchev–Trinajstić information content (AvgIpc) is 3.17. The van der Waals surface area contributed by atoms with Gasteiger partial charge in [0.2, 0.25) is 5.91 Å². The van der Waals surface area contributed by atoms with Crippen LogP contribution in [0.25, 0.3) is 0 Å². The average molecular weight is 494 g/mol. The van der Waals surface area contributed by atoms with Gasteiger partial charge >= 0.3 is 0 Å². The first-order valence-electron chi connectivity index (χ1n) is 14.1. The van der Waals surface area contributed by atoms with E-state index >= 15 is 0 Å². The molecular weight excluding hydrogens is 454 g/mol. The molecule has 0 unspecified atom stereocenters. The Kier molecular flexibility index (Phi) is 6.44. The van der Waals surface area contributed by atoms with Crippen LogP contribution in [0.15, 0.2) is 72.8 Å². The summed E-state index contributed by atoms with van der Waals surface area (Å²) in [7, 11) is 0. The van der Waals surface area contributed by atoms with Crippen molar-refractivity contribution < 1.29 is 9.90 Å². The molecule has 37 heavy (non-hydrogen) atoms. The van der Waals surface area contributed by atoms with Gasteiger partial charge in [-0.1, -0.05) is 67.6 Å². The maximum absolute atomic E-state index is 11.7. The Balaban J connectivity index is 1.18. The molecule has 192 valence electrons. The number of carbonyl (C=O) groups excluding carboxylic acids is 1. The van der Waals surface area contributed by atoms with E-state index in [-0.39, 0.29) is 23.3 Å². The minimum absolute atomic E-state index is 0.0136. The zero-order chi connectivity index (χ0) is 25.6. The molecule has 0 bridgehead atoms. The Hall–Kier alpha value is -2.91. The number of benzene rings is 3. The van der Waals surface area contributed by atoms with E-state index < -0.39 is 0 Å². The molecule has 1 amide bonds. The number of nitrogens with two attached hydrogens (primary N) is 1. The molecule has 3 nitrogen and oxygen atoms in total. The van der Waals surface area contributed by atoms with Crippen molar-refractivity contribution in [3.8, 4) is 0 Å². The van der Waals surface area contributed by atoms with Crippen LogP contribution in [-0.2, 0) is 25.7 Å². The predicted molar refractivity (Wildman–Crippen MR) is 148 cm³/mol. The van der Waals surface area contributed by atoms with E-state index in [0.29, 0.717) is 23.3 Å². The van der Waals surface area contributed by atoms with E-state index in [9.17, 15) is 9.90 Å². The van der Waals surface area contributed by atoms with Crippen molar-refractivity contribution in [2.24, 2.45) is 28.9 Å². The fraction of sp³-hybridized carbons (Fsp3) is 0.441. The Morgan fingerprint density at radius 3 is 2.54 bits per heavy atom. The maximum Gasteiger partial charge on any atom is 0.248 e. The minimum atomic E-state index is -0.388. The van der Waals surface area contributed by atoms with E-state index in [2.05, 4.69) is 61.5 Å². The van der Waals surface area contributed by atoms with E-state index in [0.717, 1.165) is 44.1 Å². The number of aliphatic hydroxyl groups is 1. The van der Waals surface area contributed by atoms with Crippen molar-refractivity contribution in [2.75, 3.05) is 0 Å². The van der Waals surface area contributed by atoms with Gasteiger partial charge in [-0.15, -0.1) is 0 Å². The van der Waals surface area contributed by atoms with Crippen molar-refractivity contribution in [2.45, 2.75) is 70.3 Å². The Labute approximate surface area is 221 Å². The molecule has 0 spiro atoms. The van der Waals surface area contributed by atoms with Crippen LogP contribution in [-0.4, -0.2) is 17.1 Å². The second-order valence-corrected chi connectivity index (χ2v) is 12.2. The van der Waals surface area contributed by atoms with Crippen molar-refractivity contribution in [3.05, 3.63) is 106 Å². The molecule has 0 saturated heterocycles. The normalized spacial score (nSPS) is 30.3. The number of fused-ring (bicyclic) bond motifs is 5. The monoisotopic (exact) mass is 493 g/mol. The lowest BCUT2D eigenvalue weighted by Crippen LogP contribution is -2.44. The van der Waals surface area contributed by atoms with Crippen LogP contribution in [0.5, 0.6) is 0 Å². The van der Waals surface area contributed by atoms with Crippen LogP contribution in [0.1, 0.15) is 76.7 Å². The van der Waals surface area contributed by atoms with E-state index in [1.807, 2.05) is 12.1 Å². The number of rotatable bonds is 6. The van der Waals surface area contributed by atoms with Gasteiger partial charge in [-0.25, -0.2) is 0 Å². The molecule has 3 aliphatic carbocycles. The quantitative estimate of drug-likeness (QED) is 0.426. The minimum Gasteiger partial charge on any atom is -0.392 e. The van der Waals surface area contributed by atoms with Gasteiger partial charge in [-0.05, 0) is 120 Å². The predicted octanol–water partition coefficient (Wildman–Crippen LogP) is 6.26. The summed E-state index contributed by atoms with van der Waals surface area (Å²) >= 11 is 0. The highest BCUT2D eigenvalue weighted by atomic mass is 16.3. The zero-order valence-corrected chi connectivity index (χ0v) is 21.9. The molecule has 3 N–H and O–H groups in total. The summed E-state index contributed by atoms with van der Waals surface area (Å²) in [5, 5.41) is 11.6. The number of amides is 1. The van der Waals surface area contributed by atoms with Crippen molar-refractivity contribution in [3.63, 3.8) is 0 Å². The third kappa shape index (κ3) is 4.52. The number of hydrogen-bond acceptors (Lipinski definition) is 2. The Bertz CT molecular complexity index is 1280. The SMILES string of the molecule is C[C@]12CC[C@@H]3c4ccc(CCc5ccccc5)cc4CC[C@H]3[C@@H]1C[C@H](Cc1cccc(C(N)=O)c1)[C@@H]2O. The number of hydrogen-bond donors (Lipinski definition) is 2. The number of primary amides is 1. The Morgan fingerprint density at radius 2 is 1.73 bits per heavy atom. The van der Waals surface area contributed by atoms with Gasteiger partial charge in [0.25, 0.3) is 0 Å². The second-order valence-electron chi connectivity index (χ2n) is 12.2. The fourth-order valence-electron chi connectivity index (χ4n) is 8.23. The van der Waals surface area contributed by atoms with Gasteiger partial charge < -0.3 is 10.8 Å². The van der Waals surface area contributed by atoms with Gasteiger partial charge in [0.1, 0.15) is 0 Å². The van der Waals surface area contributed by atoms with Crippen LogP contribution in [0.2, 0.25) is 0 Å². The number of carbonyl (C=O) groups is 1. The molecule has 0 heterocycles.